The van der Waals surface area contributed by atoms with Crippen molar-refractivity contribution < 1.29 is 19.5 Å². The smallest absolute Gasteiger partial charge is 0.326 e. The van der Waals surface area contributed by atoms with E-state index in [1.165, 1.54) is 18.9 Å². The molecule has 1 rings (SSSR count). The van der Waals surface area contributed by atoms with Gasteiger partial charge in [0.2, 0.25) is 11.8 Å². The van der Waals surface area contributed by atoms with Crippen LogP contribution in [0.4, 0.5) is 0 Å². The summed E-state index contributed by atoms with van der Waals surface area (Å²) in [6.07, 6.45) is 0.183. The molecule has 0 bridgehead atoms. The standard InChI is InChI=1S/C13H22N2O4/c1-8(2)6-15-7-10(5-11(15)16)12(17)14(4)9(3)13(18)19/h8-10H,5-7H2,1-4H3,(H,18,19). The number of carboxylic acids is 1. The highest BCUT2D eigenvalue weighted by Gasteiger charge is 2.37. The van der Waals surface area contributed by atoms with Gasteiger partial charge in [-0.25, -0.2) is 4.79 Å². The minimum Gasteiger partial charge on any atom is -0.480 e. The predicted octanol–water partition coefficient (Wildman–Crippen LogP) is 0.422. The molecule has 108 valence electrons. The molecule has 2 unspecified atom stereocenters. The van der Waals surface area contributed by atoms with Crippen molar-refractivity contribution in [3.05, 3.63) is 0 Å². The molecule has 2 amide bonds. The summed E-state index contributed by atoms with van der Waals surface area (Å²) in [4.78, 5) is 37.7. The quantitative estimate of drug-likeness (QED) is 0.785. The van der Waals surface area contributed by atoms with Crippen LogP contribution in [-0.4, -0.2) is 58.9 Å². The zero-order valence-corrected chi connectivity index (χ0v) is 11.9. The molecule has 1 heterocycles. The van der Waals surface area contributed by atoms with Gasteiger partial charge in [0.05, 0.1) is 5.92 Å². The van der Waals surface area contributed by atoms with Crippen molar-refractivity contribution >= 4 is 17.8 Å². The summed E-state index contributed by atoms with van der Waals surface area (Å²) in [6.45, 7) is 6.53. The lowest BCUT2D eigenvalue weighted by atomic mass is 10.1. The van der Waals surface area contributed by atoms with E-state index in [0.717, 1.165) is 0 Å². The van der Waals surface area contributed by atoms with Gasteiger partial charge in [-0.15, -0.1) is 0 Å². The molecule has 6 nitrogen and oxygen atoms in total. The van der Waals surface area contributed by atoms with Crippen molar-refractivity contribution in [2.75, 3.05) is 20.1 Å². The Morgan fingerprint density at radius 1 is 1.42 bits per heavy atom. The molecular weight excluding hydrogens is 248 g/mol. The normalized spacial score (nSPS) is 20.8. The molecule has 0 aliphatic carbocycles. The molecule has 0 aromatic carbocycles. The van der Waals surface area contributed by atoms with E-state index in [-0.39, 0.29) is 18.2 Å². The SMILES string of the molecule is CC(C)CN1CC(C(=O)N(C)C(C)C(=O)O)CC1=O. The zero-order valence-electron chi connectivity index (χ0n) is 11.9. The van der Waals surface area contributed by atoms with Gasteiger partial charge in [-0.2, -0.15) is 0 Å². The monoisotopic (exact) mass is 270 g/mol. The molecule has 1 saturated heterocycles. The molecule has 0 spiro atoms. The molecule has 0 radical (unpaired) electrons. The van der Waals surface area contributed by atoms with Crippen molar-refractivity contribution in [1.82, 2.24) is 9.80 Å². The number of amides is 2. The van der Waals surface area contributed by atoms with Crippen LogP contribution in [0.15, 0.2) is 0 Å². The van der Waals surface area contributed by atoms with E-state index in [2.05, 4.69) is 0 Å². The van der Waals surface area contributed by atoms with E-state index in [9.17, 15) is 14.4 Å². The lowest BCUT2D eigenvalue weighted by molar-refractivity contribution is -0.149. The van der Waals surface area contributed by atoms with Crippen LogP contribution in [0, 0.1) is 11.8 Å². The van der Waals surface area contributed by atoms with Crippen LogP contribution in [0.2, 0.25) is 0 Å². The van der Waals surface area contributed by atoms with Crippen LogP contribution in [-0.2, 0) is 14.4 Å². The van der Waals surface area contributed by atoms with Crippen LogP contribution < -0.4 is 0 Å². The van der Waals surface area contributed by atoms with E-state index in [1.54, 1.807) is 4.90 Å². The fourth-order valence-corrected chi connectivity index (χ4v) is 2.20. The van der Waals surface area contributed by atoms with Crippen LogP contribution in [0.3, 0.4) is 0 Å². The van der Waals surface area contributed by atoms with Gasteiger partial charge in [-0.05, 0) is 12.8 Å². The lowest BCUT2D eigenvalue weighted by Crippen LogP contribution is -2.44. The summed E-state index contributed by atoms with van der Waals surface area (Å²) in [5.74, 6) is -1.40. The molecule has 19 heavy (non-hydrogen) atoms. The zero-order chi connectivity index (χ0) is 14.7. The fraction of sp³-hybridized carbons (Fsp3) is 0.769. The highest BCUT2D eigenvalue weighted by molar-refractivity contribution is 5.91. The largest absolute Gasteiger partial charge is 0.480 e. The fourth-order valence-electron chi connectivity index (χ4n) is 2.20. The molecule has 1 aliphatic heterocycles. The first-order chi connectivity index (χ1) is 8.73. The molecule has 0 aromatic heterocycles. The maximum Gasteiger partial charge on any atom is 0.326 e. The summed E-state index contributed by atoms with van der Waals surface area (Å²) >= 11 is 0. The number of carboxylic acid groups (broad SMARTS) is 1. The van der Waals surface area contributed by atoms with Crippen molar-refractivity contribution in [2.45, 2.75) is 33.2 Å². The van der Waals surface area contributed by atoms with Gasteiger partial charge >= 0.3 is 5.97 Å². The highest BCUT2D eigenvalue weighted by Crippen LogP contribution is 2.21. The Morgan fingerprint density at radius 2 is 2.00 bits per heavy atom. The van der Waals surface area contributed by atoms with Crippen molar-refractivity contribution in [3.8, 4) is 0 Å². The second-order valence-corrected chi connectivity index (χ2v) is 5.56. The van der Waals surface area contributed by atoms with Crippen LogP contribution in [0.5, 0.6) is 0 Å². The van der Waals surface area contributed by atoms with Gasteiger partial charge in [-0.3, -0.25) is 9.59 Å². The highest BCUT2D eigenvalue weighted by atomic mass is 16.4. The maximum absolute atomic E-state index is 12.2. The minimum atomic E-state index is -1.04. The molecule has 1 fully saturated rings. The summed E-state index contributed by atoms with van der Waals surface area (Å²) in [5.41, 5.74) is 0. The number of carbonyl (C=O) groups is 3. The first-order valence-corrected chi connectivity index (χ1v) is 6.51. The molecule has 1 aliphatic rings. The Kier molecular flexibility index (Phi) is 4.91. The number of hydrogen-bond acceptors (Lipinski definition) is 3. The Labute approximate surface area is 113 Å². The molecule has 0 aromatic rings. The van der Waals surface area contributed by atoms with Gasteiger partial charge < -0.3 is 14.9 Å². The molecule has 2 atom stereocenters. The summed E-state index contributed by atoms with van der Waals surface area (Å²) in [7, 11) is 1.47. The minimum absolute atomic E-state index is 0.0246. The lowest BCUT2D eigenvalue weighted by Gasteiger charge is -2.25. The van der Waals surface area contributed by atoms with Crippen LogP contribution >= 0.6 is 0 Å². The summed E-state index contributed by atoms with van der Waals surface area (Å²) in [5, 5.41) is 8.90. The summed E-state index contributed by atoms with van der Waals surface area (Å²) < 4.78 is 0. The molecule has 0 saturated carbocycles. The predicted molar refractivity (Wildman–Crippen MR) is 69.4 cm³/mol. The summed E-state index contributed by atoms with van der Waals surface area (Å²) in [6, 6.07) is -0.873. The first kappa shape index (κ1) is 15.5. The third-order valence-electron chi connectivity index (χ3n) is 3.44. The van der Waals surface area contributed by atoms with Gasteiger partial charge in [0, 0.05) is 26.6 Å². The van der Waals surface area contributed by atoms with E-state index in [4.69, 9.17) is 5.11 Å². The van der Waals surface area contributed by atoms with Gasteiger partial charge in [-0.1, -0.05) is 13.8 Å². The van der Waals surface area contributed by atoms with Gasteiger partial charge in [0.1, 0.15) is 6.04 Å². The second kappa shape index (κ2) is 6.04. The number of carbonyl (C=O) groups excluding carboxylic acids is 2. The second-order valence-electron chi connectivity index (χ2n) is 5.56. The van der Waals surface area contributed by atoms with Crippen LogP contribution in [0.25, 0.3) is 0 Å². The van der Waals surface area contributed by atoms with Crippen molar-refractivity contribution in [2.24, 2.45) is 11.8 Å². The number of aliphatic carboxylic acids is 1. The number of hydrogen-bond donors (Lipinski definition) is 1. The Hall–Kier alpha value is -1.59. The van der Waals surface area contributed by atoms with E-state index in [0.29, 0.717) is 19.0 Å². The Bertz CT molecular complexity index is 381. The number of likely N-dealkylation sites (tertiary alicyclic amines) is 1. The number of nitrogens with zero attached hydrogens (tertiary/aromatic N) is 2. The van der Waals surface area contributed by atoms with Crippen molar-refractivity contribution in [1.29, 1.82) is 0 Å². The maximum atomic E-state index is 12.2. The van der Waals surface area contributed by atoms with Crippen molar-refractivity contribution in [3.63, 3.8) is 0 Å². The van der Waals surface area contributed by atoms with E-state index < -0.39 is 17.9 Å². The third kappa shape index (κ3) is 3.68. The molecule has 6 heteroatoms. The number of rotatable bonds is 5. The average Bonchev–Trinajstić information content (AvgIpc) is 2.67. The van der Waals surface area contributed by atoms with E-state index in [1.807, 2.05) is 13.8 Å². The average molecular weight is 270 g/mol. The van der Waals surface area contributed by atoms with Gasteiger partial charge in [0.25, 0.3) is 0 Å². The Morgan fingerprint density at radius 3 is 2.47 bits per heavy atom. The van der Waals surface area contributed by atoms with Gasteiger partial charge in [0.15, 0.2) is 0 Å². The molecular formula is C13H22N2O4. The van der Waals surface area contributed by atoms with Crippen LogP contribution in [0.1, 0.15) is 27.2 Å². The first-order valence-electron chi connectivity index (χ1n) is 6.51. The van der Waals surface area contributed by atoms with E-state index >= 15 is 0 Å². The Balaban J connectivity index is 2.65. The topological polar surface area (TPSA) is 77.9 Å². The third-order valence-corrected chi connectivity index (χ3v) is 3.44. The number of likely N-dealkylation sites (N-methyl/N-ethyl adjacent to an activating group) is 1. The molecule has 1 N–H and O–H groups in total.